The predicted octanol–water partition coefficient (Wildman–Crippen LogP) is 1.85. The number of unbranched alkanes of at least 4 members (excludes halogenated alkanes) is 1. The summed E-state index contributed by atoms with van der Waals surface area (Å²) in [7, 11) is 0. The van der Waals surface area contributed by atoms with E-state index in [1.54, 1.807) is 6.92 Å². The minimum atomic E-state index is -0.881. The normalized spacial score (nSPS) is 27.6. The second kappa shape index (κ2) is 7.10. The van der Waals surface area contributed by atoms with Crippen LogP contribution in [0, 0.1) is 11.8 Å². The lowest BCUT2D eigenvalue weighted by atomic mass is 9.73. The molecule has 0 bridgehead atoms. The van der Waals surface area contributed by atoms with Gasteiger partial charge in [-0.2, -0.15) is 0 Å². The first kappa shape index (κ1) is 15.4. The van der Waals surface area contributed by atoms with Crippen LogP contribution in [0.2, 0.25) is 0 Å². The number of carbonyl (C=O) groups excluding carboxylic acids is 1. The molecule has 0 radical (unpaired) electrons. The Balaban J connectivity index is 2.44. The van der Waals surface area contributed by atoms with Gasteiger partial charge in [0.2, 0.25) is 0 Å². The fourth-order valence-corrected chi connectivity index (χ4v) is 2.58. The van der Waals surface area contributed by atoms with Crippen LogP contribution in [-0.2, 0) is 9.53 Å². The quantitative estimate of drug-likeness (QED) is 0.562. The zero-order chi connectivity index (χ0) is 13.6. The number of nitrogens with two attached hydrogens (primary N) is 1. The molecule has 0 aromatic carbocycles. The second-order valence-electron chi connectivity index (χ2n) is 5.67. The Bertz CT molecular complexity index is 258. The van der Waals surface area contributed by atoms with Gasteiger partial charge in [-0.1, -0.05) is 13.3 Å². The fourth-order valence-electron chi connectivity index (χ4n) is 2.58. The van der Waals surface area contributed by atoms with E-state index in [2.05, 4.69) is 6.92 Å². The molecule has 0 aromatic heterocycles. The number of carbonyl (C=O) groups is 1. The molecular weight excluding hydrogens is 230 g/mol. The lowest BCUT2D eigenvalue weighted by Crippen LogP contribution is -2.53. The van der Waals surface area contributed by atoms with Gasteiger partial charge in [-0.05, 0) is 50.9 Å². The standard InChI is InChI=1S/C14H27NO3/c1-3-4-9-18-13(17)14(2,15)12-7-5-11(10-16)6-8-12/h11-12,16H,3-10,15H2,1-2H3. The average Bonchev–Trinajstić information content (AvgIpc) is 2.39. The molecule has 106 valence electrons. The smallest absolute Gasteiger partial charge is 0.326 e. The SMILES string of the molecule is CCCCOC(=O)C(C)(N)C1CCC(CO)CC1. The number of aliphatic hydroxyl groups excluding tert-OH is 1. The molecule has 0 amide bonds. The predicted molar refractivity (Wildman–Crippen MR) is 71.0 cm³/mol. The summed E-state index contributed by atoms with van der Waals surface area (Å²) in [6.45, 7) is 4.56. The zero-order valence-electron chi connectivity index (χ0n) is 11.7. The van der Waals surface area contributed by atoms with Gasteiger partial charge in [-0.25, -0.2) is 0 Å². The van der Waals surface area contributed by atoms with Crippen molar-refractivity contribution >= 4 is 5.97 Å². The van der Waals surface area contributed by atoms with Crippen LogP contribution in [0.3, 0.4) is 0 Å². The van der Waals surface area contributed by atoms with Crippen molar-refractivity contribution in [1.82, 2.24) is 0 Å². The molecule has 0 saturated heterocycles. The van der Waals surface area contributed by atoms with E-state index in [1.165, 1.54) is 0 Å². The molecule has 0 aromatic rings. The molecule has 3 N–H and O–H groups in total. The van der Waals surface area contributed by atoms with Crippen LogP contribution in [0.1, 0.15) is 52.4 Å². The van der Waals surface area contributed by atoms with E-state index in [-0.39, 0.29) is 18.5 Å². The molecule has 0 spiro atoms. The summed E-state index contributed by atoms with van der Waals surface area (Å²) < 4.78 is 5.24. The van der Waals surface area contributed by atoms with Crippen LogP contribution in [-0.4, -0.2) is 29.8 Å². The Labute approximate surface area is 110 Å². The van der Waals surface area contributed by atoms with Crippen LogP contribution in [0.5, 0.6) is 0 Å². The number of hydrogen-bond acceptors (Lipinski definition) is 4. The molecule has 1 rings (SSSR count). The Hall–Kier alpha value is -0.610. The highest BCUT2D eigenvalue weighted by Crippen LogP contribution is 2.34. The van der Waals surface area contributed by atoms with Crippen molar-refractivity contribution < 1.29 is 14.6 Å². The molecule has 4 heteroatoms. The Morgan fingerprint density at radius 3 is 2.50 bits per heavy atom. The van der Waals surface area contributed by atoms with E-state index in [9.17, 15) is 4.79 Å². The summed E-state index contributed by atoms with van der Waals surface area (Å²) in [5.41, 5.74) is 5.29. The van der Waals surface area contributed by atoms with Crippen molar-refractivity contribution in [2.75, 3.05) is 13.2 Å². The zero-order valence-corrected chi connectivity index (χ0v) is 11.7. The van der Waals surface area contributed by atoms with Crippen LogP contribution >= 0.6 is 0 Å². The largest absolute Gasteiger partial charge is 0.464 e. The lowest BCUT2D eigenvalue weighted by Gasteiger charge is -2.36. The highest BCUT2D eigenvalue weighted by Gasteiger charge is 2.40. The molecule has 1 atom stereocenters. The maximum atomic E-state index is 12.0. The molecule has 0 heterocycles. The van der Waals surface area contributed by atoms with E-state index in [1.807, 2.05) is 0 Å². The fraction of sp³-hybridized carbons (Fsp3) is 0.929. The molecule has 1 saturated carbocycles. The molecule has 1 fully saturated rings. The number of esters is 1. The van der Waals surface area contributed by atoms with Crippen LogP contribution in [0.15, 0.2) is 0 Å². The third kappa shape index (κ3) is 3.95. The van der Waals surface area contributed by atoms with Crippen molar-refractivity contribution in [3.8, 4) is 0 Å². The maximum Gasteiger partial charge on any atom is 0.326 e. The monoisotopic (exact) mass is 257 g/mol. The summed E-state index contributed by atoms with van der Waals surface area (Å²) in [4.78, 5) is 12.0. The van der Waals surface area contributed by atoms with Gasteiger partial charge in [0.1, 0.15) is 5.54 Å². The van der Waals surface area contributed by atoms with Gasteiger partial charge in [0.15, 0.2) is 0 Å². The molecule has 0 aliphatic heterocycles. The molecule has 1 unspecified atom stereocenters. The Kier molecular flexibility index (Phi) is 6.09. The first-order valence-electron chi connectivity index (χ1n) is 7.09. The van der Waals surface area contributed by atoms with Crippen molar-refractivity contribution in [2.45, 2.75) is 57.9 Å². The van der Waals surface area contributed by atoms with Gasteiger partial charge < -0.3 is 15.6 Å². The third-order valence-electron chi connectivity index (χ3n) is 4.12. The minimum absolute atomic E-state index is 0.175. The number of rotatable bonds is 6. The number of ether oxygens (including phenoxy) is 1. The van der Waals surface area contributed by atoms with Gasteiger partial charge in [0.05, 0.1) is 6.61 Å². The molecule has 1 aliphatic rings. The second-order valence-corrected chi connectivity index (χ2v) is 5.67. The van der Waals surface area contributed by atoms with Crippen LogP contribution in [0.25, 0.3) is 0 Å². The topological polar surface area (TPSA) is 72.5 Å². The number of aliphatic hydroxyl groups is 1. The van der Waals surface area contributed by atoms with Gasteiger partial charge in [-0.15, -0.1) is 0 Å². The Morgan fingerprint density at radius 2 is 2.00 bits per heavy atom. The van der Waals surface area contributed by atoms with E-state index in [0.29, 0.717) is 12.5 Å². The van der Waals surface area contributed by atoms with E-state index in [0.717, 1.165) is 38.5 Å². The molecule has 1 aliphatic carbocycles. The first-order chi connectivity index (χ1) is 8.52. The van der Waals surface area contributed by atoms with Crippen molar-refractivity contribution in [3.63, 3.8) is 0 Å². The first-order valence-corrected chi connectivity index (χ1v) is 7.09. The van der Waals surface area contributed by atoms with Gasteiger partial charge >= 0.3 is 5.97 Å². The highest BCUT2D eigenvalue weighted by atomic mass is 16.5. The van der Waals surface area contributed by atoms with E-state index < -0.39 is 5.54 Å². The van der Waals surface area contributed by atoms with Crippen molar-refractivity contribution in [3.05, 3.63) is 0 Å². The van der Waals surface area contributed by atoms with Crippen LogP contribution < -0.4 is 5.73 Å². The molecule has 4 nitrogen and oxygen atoms in total. The third-order valence-corrected chi connectivity index (χ3v) is 4.12. The van der Waals surface area contributed by atoms with E-state index in [4.69, 9.17) is 15.6 Å². The Morgan fingerprint density at radius 1 is 1.39 bits per heavy atom. The summed E-state index contributed by atoms with van der Waals surface area (Å²) >= 11 is 0. The summed E-state index contributed by atoms with van der Waals surface area (Å²) in [6.07, 6.45) is 5.61. The van der Waals surface area contributed by atoms with Gasteiger partial charge in [0, 0.05) is 6.61 Å². The summed E-state index contributed by atoms with van der Waals surface area (Å²) in [6, 6.07) is 0. The van der Waals surface area contributed by atoms with Gasteiger partial charge in [-0.3, -0.25) is 4.79 Å². The minimum Gasteiger partial charge on any atom is -0.464 e. The van der Waals surface area contributed by atoms with Crippen LogP contribution in [0.4, 0.5) is 0 Å². The average molecular weight is 257 g/mol. The lowest BCUT2D eigenvalue weighted by molar-refractivity contribution is -0.152. The van der Waals surface area contributed by atoms with Crippen molar-refractivity contribution in [2.24, 2.45) is 17.6 Å². The maximum absolute atomic E-state index is 12.0. The molecule has 18 heavy (non-hydrogen) atoms. The van der Waals surface area contributed by atoms with E-state index >= 15 is 0 Å². The summed E-state index contributed by atoms with van der Waals surface area (Å²) in [5.74, 6) is 0.283. The molecular formula is C14H27NO3. The highest BCUT2D eigenvalue weighted by molar-refractivity contribution is 5.80. The summed E-state index contributed by atoms with van der Waals surface area (Å²) in [5, 5.41) is 9.11. The van der Waals surface area contributed by atoms with Gasteiger partial charge in [0.25, 0.3) is 0 Å². The number of hydrogen-bond donors (Lipinski definition) is 2. The van der Waals surface area contributed by atoms with Crippen molar-refractivity contribution in [1.29, 1.82) is 0 Å².